The first-order valence-corrected chi connectivity index (χ1v) is 7.34. The molecule has 1 N–H and O–H groups in total. The normalized spacial score (nSPS) is 10.0. The van der Waals surface area contributed by atoms with Crippen LogP contribution < -0.4 is 10.1 Å². The van der Waals surface area contributed by atoms with Crippen LogP contribution in [0.5, 0.6) is 5.75 Å². The smallest absolute Gasteiger partial charge is 0.225 e. The molecule has 0 fully saturated rings. The Kier molecular flexibility index (Phi) is 8.16. The van der Waals surface area contributed by atoms with Crippen molar-refractivity contribution in [3.63, 3.8) is 0 Å². The number of hydrogen-bond acceptors (Lipinski definition) is 3. The number of rotatable bonds is 7. The molecule has 0 aliphatic carbocycles. The SMILES string of the molecule is COc1ccc(NC(=O)CCN(C)Cc2ccccc2)cc1.Cl. The lowest BCUT2D eigenvalue weighted by Crippen LogP contribution is -2.24. The second kappa shape index (κ2) is 9.87. The minimum atomic E-state index is 0. The van der Waals surface area contributed by atoms with Gasteiger partial charge in [-0.25, -0.2) is 0 Å². The Bertz CT molecular complexity index is 588. The topological polar surface area (TPSA) is 41.6 Å². The summed E-state index contributed by atoms with van der Waals surface area (Å²) in [6.07, 6.45) is 0.468. The molecule has 0 bridgehead atoms. The largest absolute Gasteiger partial charge is 0.497 e. The van der Waals surface area contributed by atoms with Crippen molar-refractivity contribution in [3.05, 3.63) is 60.2 Å². The van der Waals surface area contributed by atoms with E-state index in [4.69, 9.17) is 4.74 Å². The molecule has 0 saturated carbocycles. The van der Waals surface area contributed by atoms with E-state index in [1.54, 1.807) is 7.11 Å². The Morgan fingerprint density at radius 3 is 2.35 bits per heavy atom. The summed E-state index contributed by atoms with van der Waals surface area (Å²) in [6.45, 7) is 1.56. The van der Waals surface area contributed by atoms with Crippen molar-refractivity contribution in [2.45, 2.75) is 13.0 Å². The minimum Gasteiger partial charge on any atom is -0.497 e. The maximum absolute atomic E-state index is 12.0. The molecule has 2 aromatic carbocycles. The van der Waals surface area contributed by atoms with E-state index < -0.39 is 0 Å². The van der Waals surface area contributed by atoms with Gasteiger partial charge in [-0.05, 0) is 36.9 Å². The first kappa shape index (κ1) is 19.0. The monoisotopic (exact) mass is 334 g/mol. The van der Waals surface area contributed by atoms with Crippen LogP contribution in [0.25, 0.3) is 0 Å². The number of carbonyl (C=O) groups is 1. The zero-order valence-electron chi connectivity index (χ0n) is 13.5. The maximum Gasteiger partial charge on any atom is 0.225 e. The number of nitrogens with zero attached hydrogens (tertiary/aromatic N) is 1. The molecular formula is C18H23ClN2O2. The first-order valence-electron chi connectivity index (χ1n) is 7.34. The summed E-state index contributed by atoms with van der Waals surface area (Å²) in [5, 5.41) is 2.89. The van der Waals surface area contributed by atoms with Gasteiger partial charge in [0.05, 0.1) is 7.11 Å². The molecular weight excluding hydrogens is 312 g/mol. The van der Waals surface area contributed by atoms with Gasteiger partial charge < -0.3 is 15.0 Å². The zero-order valence-corrected chi connectivity index (χ0v) is 14.3. The van der Waals surface area contributed by atoms with Crippen molar-refractivity contribution >= 4 is 24.0 Å². The van der Waals surface area contributed by atoms with E-state index in [0.717, 1.165) is 24.5 Å². The Morgan fingerprint density at radius 2 is 1.74 bits per heavy atom. The molecule has 124 valence electrons. The summed E-state index contributed by atoms with van der Waals surface area (Å²) in [4.78, 5) is 14.1. The number of carbonyl (C=O) groups excluding carboxylic acids is 1. The van der Waals surface area contributed by atoms with E-state index in [9.17, 15) is 4.79 Å². The van der Waals surface area contributed by atoms with Gasteiger partial charge in [-0.2, -0.15) is 0 Å². The van der Waals surface area contributed by atoms with Gasteiger partial charge in [0, 0.05) is 25.2 Å². The molecule has 0 aliphatic heterocycles. The molecule has 0 radical (unpaired) electrons. The number of anilines is 1. The second-order valence-corrected chi connectivity index (χ2v) is 5.25. The van der Waals surface area contributed by atoms with Crippen LogP contribution in [0.2, 0.25) is 0 Å². The number of hydrogen-bond donors (Lipinski definition) is 1. The lowest BCUT2D eigenvalue weighted by molar-refractivity contribution is -0.116. The molecule has 0 saturated heterocycles. The van der Waals surface area contributed by atoms with Crippen LogP contribution in [-0.4, -0.2) is 31.5 Å². The predicted octanol–water partition coefficient (Wildman–Crippen LogP) is 3.58. The summed E-state index contributed by atoms with van der Waals surface area (Å²) >= 11 is 0. The molecule has 1 amide bonds. The highest BCUT2D eigenvalue weighted by atomic mass is 35.5. The first-order chi connectivity index (χ1) is 10.7. The Labute approximate surface area is 143 Å². The average molecular weight is 335 g/mol. The van der Waals surface area contributed by atoms with Gasteiger partial charge in [0.15, 0.2) is 0 Å². The number of halogens is 1. The predicted molar refractivity (Wildman–Crippen MR) is 96.3 cm³/mol. The second-order valence-electron chi connectivity index (χ2n) is 5.25. The molecule has 0 aromatic heterocycles. The van der Waals surface area contributed by atoms with Gasteiger partial charge in [0.25, 0.3) is 0 Å². The van der Waals surface area contributed by atoms with Crippen molar-refractivity contribution in [3.8, 4) is 5.75 Å². The van der Waals surface area contributed by atoms with Gasteiger partial charge in [0.1, 0.15) is 5.75 Å². The van der Waals surface area contributed by atoms with Crippen LogP contribution in [0.15, 0.2) is 54.6 Å². The Hall–Kier alpha value is -2.04. The van der Waals surface area contributed by atoms with E-state index in [0.29, 0.717) is 6.42 Å². The van der Waals surface area contributed by atoms with Crippen molar-refractivity contribution in [1.82, 2.24) is 4.90 Å². The van der Waals surface area contributed by atoms with Crippen LogP contribution in [0.1, 0.15) is 12.0 Å². The molecule has 0 atom stereocenters. The number of methoxy groups -OCH3 is 1. The number of amides is 1. The van der Waals surface area contributed by atoms with Gasteiger partial charge in [-0.1, -0.05) is 30.3 Å². The van der Waals surface area contributed by atoms with Crippen LogP contribution in [-0.2, 0) is 11.3 Å². The molecule has 2 aromatic rings. The van der Waals surface area contributed by atoms with Gasteiger partial charge >= 0.3 is 0 Å². The number of ether oxygens (including phenoxy) is 1. The summed E-state index contributed by atoms with van der Waals surface area (Å²) in [5.41, 5.74) is 2.04. The third kappa shape index (κ3) is 6.72. The lowest BCUT2D eigenvalue weighted by Gasteiger charge is -2.16. The van der Waals surface area contributed by atoms with Gasteiger partial charge in [0.2, 0.25) is 5.91 Å². The molecule has 4 nitrogen and oxygen atoms in total. The minimum absolute atomic E-state index is 0. The molecule has 0 unspecified atom stereocenters. The molecule has 0 aliphatic rings. The molecule has 2 rings (SSSR count). The highest BCUT2D eigenvalue weighted by Gasteiger charge is 2.06. The quantitative estimate of drug-likeness (QED) is 0.841. The van der Waals surface area contributed by atoms with Gasteiger partial charge in [-0.3, -0.25) is 4.79 Å². The Morgan fingerprint density at radius 1 is 1.09 bits per heavy atom. The van der Waals surface area contributed by atoms with Crippen molar-refractivity contribution in [2.24, 2.45) is 0 Å². The molecule has 5 heteroatoms. The highest BCUT2D eigenvalue weighted by molar-refractivity contribution is 5.90. The lowest BCUT2D eigenvalue weighted by atomic mass is 10.2. The Balaban J connectivity index is 0.00000264. The number of nitrogens with one attached hydrogen (secondary N) is 1. The van der Waals surface area contributed by atoms with E-state index in [1.165, 1.54) is 5.56 Å². The highest BCUT2D eigenvalue weighted by Crippen LogP contribution is 2.15. The zero-order chi connectivity index (χ0) is 15.8. The summed E-state index contributed by atoms with van der Waals surface area (Å²) in [5.74, 6) is 0.797. The average Bonchev–Trinajstić information content (AvgIpc) is 2.55. The van der Waals surface area contributed by atoms with E-state index in [-0.39, 0.29) is 18.3 Å². The third-order valence-corrected chi connectivity index (χ3v) is 3.39. The summed E-state index contributed by atoms with van der Waals surface area (Å²) in [7, 11) is 3.64. The number of benzene rings is 2. The maximum atomic E-state index is 12.0. The van der Waals surface area contributed by atoms with E-state index >= 15 is 0 Å². The fourth-order valence-corrected chi connectivity index (χ4v) is 2.16. The molecule has 0 heterocycles. The van der Waals surface area contributed by atoms with E-state index in [1.807, 2.05) is 49.5 Å². The van der Waals surface area contributed by atoms with Crippen molar-refractivity contribution < 1.29 is 9.53 Å². The molecule has 23 heavy (non-hydrogen) atoms. The summed E-state index contributed by atoms with van der Waals surface area (Å²) in [6, 6.07) is 17.6. The van der Waals surface area contributed by atoms with Crippen molar-refractivity contribution in [1.29, 1.82) is 0 Å². The fourth-order valence-electron chi connectivity index (χ4n) is 2.16. The van der Waals surface area contributed by atoms with Crippen LogP contribution in [0.4, 0.5) is 5.69 Å². The molecule has 0 spiro atoms. The summed E-state index contributed by atoms with van der Waals surface area (Å²) < 4.78 is 5.09. The van der Waals surface area contributed by atoms with Crippen LogP contribution >= 0.6 is 12.4 Å². The van der Waals surface area contributed by atoms with Crippen molar-refractivity contribution in [2.75, 3.05) is 26.0 Å². The third-order valence-electron chi connectivity index (χ3n) is 3.39. The van der Waals surface area contributed by atoms with E-state index in [2.05, 4.69) is 22.3 Å². The van der Waals surface area contributed by atoms with Crippen LogP contribution in [0.3, 0.4) is 0 Å². The standard InChI is InChI=1S/C18H22N2O2.ClH/c1-20(14-15-6-4-3-5-7-15)13-12-18(21)19-16-8-10-17(22-2)11-9-16;/h3-11H,12-14H2,1-2H3,(H,19,21);1H. The van der Waals surface area contributed by atoms with Crippen LogP contribution in [0, 0.1) is 0 Å². The van der Waals surface area contributed by atoms with Gasteiger partial charge in [-0.15, -0.1) is 12.4 Å². The fraction of sp³-hybridized carbons (Fsp3) is 0.278.